The highest BCUT2D eigenvalue weighted by Crippen LogP contribution is 2.27. The molecule has 0 aromatic rings. The summed E-state index contributed by atoms with van der Waals surface area (Å²) in [4.78, 5) is 0. The second-order valence-electron chi connectivity index (χ2n) is 5.30. The van der Waals surface area contributed by atoms with Crippen LogP contribution in [0.1, 0.15) is 39.0 Å². The number of rotatable bonds is 9. The highest BCUT2D eigenvalue weighted by molar-refractivity contribution is 4.72. The molecule has 0 bridgehead atoms. The molecule has 0 spiro atoms. The van der Waals surface area contributed by atoms with Gasteiger partial charge in [-0.05, 0) is 44.2 Å². The first-order valence-corrected chi connectivity index (χ1v) is 7.10. The van der Waals surface area contributed by atoms with Gasteiger partial charge in [-0.25, -0.2) is 0 Å². The van der Waals surface area contributed by atoms with E-state index in [-0.39, 0.29) is 0 Å². The molecule has 0 saturated heterocycles. The molecule has 0 radical (unpaired) electrons. The maximum atomic E-state index is 5.42. The van der Waals surface area contributed by atoms with E-state index in [0.29, 0.717) is 6.61 Å². The molecule has 1 aliphatic carbocycles. The fraction of sp³-hybridized carbons (Fsp3) is 1.00. The summed E-state index contributed by atoms with van der Waals surface area (Å²) in [5, 5.41) is 3.56. The molecule has 0 aliphatic heterocycles. The molecule has 1 rings (SSSR count). The molecule has 1 aliphatic rings. The van der Waals surface area contributed by atoms with Gasteiger partial charge in [-0.2, -0.15) is 0 Å². The predicted octanol–water partition coefficient (Wildman–Crippen LogP) is 2.46. The Kier molecular flexibility index (Phi) is 8.67. The van der Waals surface area contributed by atoms with E-state index in [2.05, 4.69) is 12.2 Å². The highest BCUT2D eigenvalue weighted by atomic mass is 16.5. The van der Waals surface area contributed by atoms with Crippen LogP contribution in [0.4, 0.5) is 0 Å². The predicted molar refractivity (Wildman–Crippen MR) is 71.3 cm³/mol. The van der Waals surface area contributed by atoms with Crippen LogP contribution in [-0.2, 0) is 9.47 Å². The molecule has 0 heterocycles. The first-order chi connectivity index (χ1) is 8.33. The van der Waals surface area contributed by atoms with E-state index in [1.54, 1.807) is 7.11 Å². The zero-order valence-electron chi connectivity index (χ0n) is 11.5. The minimum atomic E-state index is 0.702. The van der Waals surface area contributed by atoms with Gasteiger partial charge in [0, 0.05) is 13.7 Å². The van der Waals surface area contributed by atoms with Crippen LogP contribution in [0.5, 0.6) is 0 Å². The van der Waals surface area contributed by atoms with E-state index in [1.165, 1.54) is 32.2 Å². The third kappa shape index (κ3) is 7.74. The molecule has 3 heteroatoms. The third-order valence-electron chi connectivity index (χ3n) is 3.55. The van der Waals surface area contributed by atoms with Crippen molar-refractivity contribution in [2.45, 2.75) is 39.0 Å². The van der Waals surface area contributed by atoms with Crippen molar-refractivity contribution in [3.8, 4) is 0 Å². The number of ether oxygens (including phenoxy) is 2. The maximum absolute atomic E-state index is 5.42. The second kappa shape index (κ2) is 9.86. The number of hydrogen-bond acceptors (Lipinski definition) is 3. The van der Waals surface area contributed by atoms with Gasteiger partial charge in [0.2, 0.25) is 0 Å². The standard InChI is InChI=1S/C14H29NO2/c1-13-5-3-6-14(11-13)12-15-7-4-8-17-10-9-16-2/h13-15H,3-12H2,1-2H3. The molecule has 1 N–H and O–H groups in total. The van der Waals surface area contributed by atoms with E-state index in [4.69, 9.17) is 9.47 Å². The van der Waals surface area contributed by atoms with Gasteiger partial charge < -0.3 is 14.8 Å². The van der Waals surface area contributed by atoms with Gasteiger partial charge in [0.1, 0.15) is 0 Å². The van der Waals surface area contributed by atoms with E-state index in [9.17, 15) is 0 Å². The highest BCUT2D eigenvalue weighted by Gasteiger charge is 2.17. The van der Waals surface area contributed by atoms with Crippen LogP contribution in [0.2, 0.25) is 0 Å². The summed E-state index contributed by atoms with van der Waals surface area (Å²) in [7, 11) is 1.70. The minimum absolute atomic E-state index is 0.702. The van der Waals surface area contributed by atoms with Crippen molar-refractivity contribution in [1.29, 1.82) is 0 Å². The quantitative estimate of drug-likeness (QED) is 0.631. The normalized spacial score (nSPS) is 25.1. The van der Waals surface area contributed by atoms with Crippen LogP contribution in [0, 0.1) is 11.8 Å². The lowest BCUT2D eigenvalue weighted by Gasteiger charge is -2.26. The van der Waals surface area contributed by atoms with Crippen LogP contribution in [-0.4, -0.2) is 40.0 Å². The fourth-order valence-electron chi connectivity index (χ4n) is 2.59. The Hall–Kier alpha value is -0.120. The van der Waals surface area contributed by atoms with Crippen molar-refractivity contribution in [2.24, 2.45) is 11.8 Å². The van der Waals surface area contributed by atoms with Crippen molar-refractivity contribution >= 4 is 0 Å². The average Bonchev–Trinajstić information content (AvgIpc) is 2.33. The Morgan fingerprint density at radius 1 is 1.18 bits per heavy atom. The van der Waals surface area contributed by atoms with Crippen molar-refractivity contribution in [3.63, 3.8) is 0 Å². The van der Waals surface area contributed by atoms with Gasteiger partial charge in [-0.15, -0.1) is 0 Å². The summed E-state index contributed by atoms with van der Waals surface area (Å²) in [5.74, 6) is 1.85. The molecule has 0 aromatic carbocycles. The molecule has 2 atom stereocenters. The van der Waals surface area contributed by atoms with E-state index in [1.807, 2.05) is 0 Å². The molecule has 1 saturated carbocycles. The molecule has 1 fully saturated rings. The van der Waals surface area contributed by atoms with Gasteiger partial charge in [0.15, 0.2) is 0 Å². The maximum Gasteiger partial charge on any atom is 0.0700 e. The molecular weight excluding hydrogens is 214 g/mol. The lowest BCUT2D eigenvalue weighted by molar-refractivity contribution is 0.0693. The zero-order chi connectivity index (χ0) is 12.3. The topological polar surface area (TPSA) is 30.5 Å². The lowest BCUT2D eigenvalue weighted by atomic mass is 9.82. The Bertz CT molecular complexity index is 176. The van der Waals surface area contributed by atoms with E-state index in [0.717, 1.165) is 38.0 Å². The van der Waals surface area contributed by atoms with Gasteiger partial charge >= 0.3 is 0 Å². The summed E-state index contributed by atoms with van der Waals surface area (Å²) in [6.07, 6.45) is 6.79. The van der Waals surface area contributed by atoms with Crippen LogP contribution in [0.3, 0.4) is 0 Å². The van der Waals surface area contributed by atoms with Crippen molar-refractivity contribution < 1.29 is 9.47 Å². The average molecular weight is 243 g/mol. The monoisotopic (exact) mass is 243 g/mol. The van der Waals surface area contributed by atoms with E-state index < -0.39 is 0 Å². The second-order valence-corrected chi connectivity index (χ2v) is 5.30. The lowest BCUT2D eigenvalue weighted by Crippen LogP contribution is -2.27. The van der Waals surface area contributed by atoms with Gasteiger partial charge in [-0.3, -0.25) is 0 Å². The summed E-state index contributed by atoms with van der Waals surface area (Å²) in [6, 6.07) is 0. The van der Waals surface area contributed by atoms with Crippen LogP contribution in [0.15, 0.2) is 0 Å². The largest absolute Gasteiger partial charge is 0.382 e. The Morgan fingerprint density at radius 2 is 2.06 bits per heavy atom. The molecule has 2 unspecified atom stereocenters. The summed E-state index contributed by atoms with van der Waals surface area (Å²) in [5.41, 5.74) is 0. The Balaban J connectivity index is 1.83. The van der Waals surface area contributed by atoms with Crippen LogP contribution < -0.4 is 5.32 Å². The molecule has 3 nitrogen and oxygen atoms in total. The Labute approximate surface area is 106 Å². The molecule has 17 heavy (non-hydrogen) atoms. The summed E-state index contributed by atoms with van der Waals surface area (Å²) in [6.45, 7) is 6.93. The van der Waals surface area contributed by atoms with Crippen molar-refractivity contribution in [1.82, 2.24) is 5.32 Å². The fourth-order valence-corrected chi connectivity index (χ4v) is 2.59. The first kappa shape index (κ1) is 14.9. The van der Waals surface area contributed by atoms with Gasteiger partial charge in [0.05, 0.1) is 13.2 Å². The van der Waals surface area contributed by atoms with Crippen LogP contribution in [0.25, 0.3) is 0 Å². The minimum Gasteiger partial charge on any atom is -0.382 e. The summed E-state index contributed by atoms with van der Waals surface area (Å²) < 4.78 is 10.3. The molecule has 102 valence electrons. The van der Waals surface area contributed by atoms with Gasteiger partial charge in [0.25, 0.3) is 0 Å². The number of nitrogens with one attached hydrogen (secondary N) is 1. The molecule has 0 aromatic heterocycles. The van der Waals surface area contributed by atoms with Crippen LogP contribution >= 0.6 is 0 Å². The molecule has 0 amide bonds. The van der Waals surface area contributed by atoms with Crippen molar-refractivity contribution in [2.75, 3.05) is 40.0 Å². The molecular formula is C14H29NO2. The van der Waals surface area contributed by atoms with E-state index >= 15 is 0 Å². The van der Waals surface area contributed by atoms with Gasteiger partial charge in [-0.1, -0.05) is 19.8 Å². The Morgan fingerprint density at radius 3 is 2.82 bits per heavy atom. The number of hydrogen-bond donors (Lipinski definition) is 1. The zero-order valence-corrected chi connectivity index (χ0v) is 11.5. The number of methoxy groups -OCH3 is 1. The third-order valence-corrected chi connectivity index (χ3v) is 3.55. The summed E-state index contributed by atoms with van der Waals surface area (Å²) >= 11 is 0. The SMILES string of the molecule is COCCOCCCNCC1CCCC(C)C1. The smallest absolute Gasteiger partial charge is 0.0700 e. The first-order valence-electron chi connectivity index (χ1n) is 7.10. The van der Waals surface area contributed by atoms with Crippen molar-refractivity contribution in [3.05, 3.63) is 0 Å².